The lowest BCUT2D eigenvalue weighted by atomic mass is 10.2. The minimum atomic E-state index is -4.13. The van der Waals surface area contributed by atoms with Gasteiger partial charge in [0.05, 0.1) is 6.54 Å². The van der Waals surface area contributed by atoms with Crippen molar-refractivity contribution in [3.8, 4) is 0 Å². The zero-order valence-corrected chi connectivity index (χ0v) is 19.2. The smallest absolute Gasteiger partial charge is 0.352 e. The highest BCUT2D eigenvalue weighted by atomic mass is 127. The van der Waals surface area contributed by atoms with Gasteiger partial charge in [-0.15, -0.1) is 24.0 Å². The Morgan fingerprint density at radius 2 is 1.76 bits per heavy atom. The van der Waals surface area contributed by atoms with Crippen LogP contribution < -0.4 is 5.32 Å². The van der Waals surface area contributed by atoms with E-state index in [1.807, 2.05) is 13.0 Å². The Morgan fingerprint density at radius 1 is 1.07 bits per heavy atom. The third-order valence-electron chi connectivity index (χ3n) is 5.24. The lowest BCUT2D eigenvalue weighted by Gasteiger charge is -2.37. The molecular weight excluding hydrogens is 494 g/mol. The van der Waals surface area contributed by atoms with Crippen molar-refractivity contribution in [1.82, 2.24) is 20.0 Å². The normalized spacial score (nSPS) is 21.9. The molecule has 1 unspecified atom stereocenters. The SMILES string of the molecule is CCN=C(NC1CCN(CC(F)(F)F)C1)N1CCN(Cc2ccccc2)CC1.I. The molecule has 9 heteroatoms. The Hall–Kier alpha value is -1.07. The summed E-state index contributed by atoms with van der Waals surface area (Å²) in [6.45, 7) is 7.28. The topological polar surface area (TPSA) is 34.1 Å². The maximum atomic E-state index is 12.6. The lowest BCUT2D eigenvalue weighted by molar-refractivity contribution is -0.143. The van der Waals surface area contributed by atoms with E-state index in [9.17, 15) is 13.2 Å². The summed E-state index contributed by atoms with van der Waals surface area (Å²) >= 11 is 0. The van der Waals surface area contributed by atoms with Crippen LogP contribution in [0.2, 0.25) is 0 Å². The third-order valence-corrected chi connectivity index (χ3v) is 5.24. The van der Waals surface area contributed by atoms with E-state index in [4.69, 9.17) is 0 Å². The predicted octanol–water partition coefficient (Wildman–Crippen LogP) is 3.02. The van der Waals surface area contributed by atoms with Crippen LogP contribution in [0.1, 0.15) is 18.9 Å². The van der Waals surface area contributed by atoms with Crippen molar-refractivity contribution in [1.29, 1.82) is 0 Å². The molecule has 0 radical (unpaired) electrons. The van der Waals surface area contributed by atoms with Crippen LogP contribution in [0.5, 0.6) is 0 Å². The number of piperazine rings is 1. The van der Waals surface area contributed by atoms with Gasteiger partial charge < -0.3 is 10.2 Å². The first-order valence-electron chi connectivity index (χ1n) is 10.0. The van der Waals surface area contributed by atoms with Crippen LogP contribution >= 0.6 is 24.0 Å². The molecule has 3 rings (SSSR count). The quantitative estimate of drug-likeness (QED) is 0.364. The van der Waals surface area contributed by atoms with E-state index in [1.165, 1.54) is 10.5 Å². The van der Waals surface area contributed by atoms with Crippen LogP contribution in [0.15, 0.2) is 35.3 Å². The van der Waals surface area contributed by atoms with Crippen molar-refractivity contribution in [3.63, 3.8) is 0 Å². The average molecular weight is 525 g/mol. The fraction of sp³-hybridized carbons (Fsp3) is 0.650. The molecule has 0 spiro atoms. The number of likely N-dealkylation sites (tertiary alicyclic amines) is 1. The molecule has 1 aromatic carbocycles. The molecule has 0 aromatic heterocycles. The van der Waals surface area contributed by atoms with Crippen LogP contribution in [-0.2, 0) is 6.54 Å². The molecule has 1 aromatic rings. The summed E-state index contributed by atoms with van der Waals surface area (Å²) in [7, 11) is 0. The predicted molar refractivity (Wildman–Crippen MR) is 121 cm³/mol. The third kappa shape index (κ3) is 7.93. The number of nitrogens with zero attached hydrogens (tertiary/aromatic N) is 4. The number of aliphatic imine (C=N–C) groups is 1. The Bertz CT molecular complexity index is 633. The number of guanidine groups is 1. The number of hydrogen-bond acceptors (Lipinski definition) is 3. The lowest BCUT2D eigenvalue weighted by Crippen LogP contribution is -2.54. The second-order valence-corrected chi connectivity index (χ2v) is 7.53. The number of halogens is 4. The number of hydrogen-bond donors (Lipinski definition) is 1. The molecule has 164 valence electrons. The maximum Gasteiger partial charge on any atom is 0.401 e. The first kappa shape index (κ1) is 24.2. The number of alkyl halides is 3. The largest absolute Gasteiger partial charge is 0.401 e. The van der Waals surface area contributed by atoms with Crippen molar-refractivity contribution in [3.05, 3.63) is 35.9 Å². The summed E-state index contributed by atoms with van der Waals surface area (Å²) in [4.78, 5) is 10.7. The molecule has 2 fully saturated rings. The monoisotopic (exact) mass is 525 g/mol. The van der Waals surface area contributed by atoms with Crippen molar-refractivity contribution < 1.29 is 13.2 Å². The van der Waals surface area contributed by atoms with Crippen LogP contribution in [0.3, 0.4) is 0 Å². The summed E-state index contributed by atoms with van der Waals surface area (Å²) in [5.41, 5.74) is 1.31. The fourth-order valence-corrected chi connectivity index (χ4v) is 3.88. The second-order valence-electron chi connectivity index (χ2n) is 7.53. The molecule has 2 heterocycles. The van der Waals surface area contributed by atoms with E-state index in [1.54, 1.807) is 0 Å². The van der Waals surface area contributed by atoms with Crippen LogP contribution in [-0.4, -0.2) is 85.2 Å². The molecule has 2 aliphatic rings. The van der Waals surface area contributed by atoms with Gasteiger partial charge in [0, 0.05) is 58.4 Å². The highest BCUT2D eigenvalue weighted by molar-refractivity contribution is 14.0. The summed E-state index contributed by atoms with van der Waals surface area (Å²) in [5.74, 6) is 0.834. The van der Waals surface area contributed by atoms with E-state index in [2.05, 4.69) is 44.4 Å². The minimum absolute atomic E-state index is 0. The second kappa shape index (κ2) is 11.4. The number of nitrogens with one attached hydrogen (secondary N) is 1. The van der Waals surface area contributed by atoms with E-state index >= 15 is 0 Å². The molecule has 2 saturated heterocycles. The van der Waals surface area contributed by atoms with Gasteiger partial charge in [0.1, 0.15) is 0 Å². The Labute approximate surface area is 188 Å². The van der Waals surface area contributed by atoms with Crippen molar-refractivity contribution >= 4 is 29.9 Å². The van der Waals surface area contributed by atoms with E-state index < -0.39 is 12.7 Å². The zero-order valence-electron chi connectivity index (χ0n) is 16.9. The average Bonchev–Trinajstić information content (AvgIpc) is 3.08. The van der Waals surface area contributed by atoms with Crippen molar-refractivity contribution in [2.45, 2.75) is 32.1 Å². The Balaban J connectivity index is 0.00000300. The van der Waals surface area contributed by atoms with Gasteiger partial charge in [-0.3, -0.25) is 14.8 Å². The van der Waals surface area contributed by atoms with Crippen molar-refractivity contribution in [2.24, 2.45) is 4.99 Å². The highest BCUT2D eigenvalue weighted by Gasteiger charge is 2.35. The van der Waals surface area contributed by atoms with E-state index in [-0.39, 0.29) is 30.0 Å². The summed E-state index contributed by atoms with van der Waals surface area (Å²) in [5, 5.41) is 3.42. The summed E-state index contributed by atoms with van der Waals surface area (Å²) in [6, 6.07) is 10.5. The van der Waals surface area contributed by atoms with Gasteiger partial charge in [0.25, 0.3) is 0 Å². The van der Waals surface area contributed by atoms with Crippen LogP contribution in [0.4, 0.5) is 13.2 Å². The highest BCUT2D eigenvalue weighted by Crippen LogP contribution is 2.20. The van der Waals surface area contributed by atoms with Gasteiger partial charge in [-0.1, -0.05) is 30.3 Å². The molecule has 1 N–H and O–H groups in total. The first-order valence-corrected chi connectivity index (χ1v) is 10.0. The molecule has 0 saturated carbocycles. The molecular formula is C20H31F3IN5. The van der Waals surface area contributed by atoms with Gasteiger partial charge in [-0.25, -0.2) is 0 Å². The fourth-order valence-electron chi connectivity index (χ4n) is 3.88. The Morgan fingerprint density at radius 3 is 2.38 bits per heavy atom. The number of rotatable bonds is 5. The molecule has 5 nitrogen and oxygen atoms in total. The molecule has 2 aliphatic heterocycles. The Kier molecular flexibility index (Phi) is 9.48. The van der Waals surface area contributed by atoms with Gasteiger partial charge in [-0.2, -0.15) is 13.2 Å². The zero-order chi connectivity index (χ0) is 20.0. The van der Waals surface area contributed by atoms with Crippen molar-refractivity contribution in [2.75, 3.05) is 52.4 Å². The number of benzene rings is 1. The molecule has 0 bridgehead atoms. The van der Waals surface area contributed by atoms with Crippen LogP contribution in [0.25, 0.3) is 0 Å². The maximum absolute atomic E-state index is 12.6. The first-order chi connectivity index (χ1) is 13.4. The molecule has 0 amide bonds. The van der Waals surface area contributed by atoms with E-state index in [0.29, 0.717) is 26.1 Å². The molecule has 1 atom stereocenters. The summed E-state index contributed by atoms with van der Waals surface area (Å²) < 4.78 is 37.8. The molecule has 0 aliphatic carbocycles. The van der Waals surface area contributed by atoms with Crippen LogP contribution in [0, 0.1) is 0 Å². The van der Waals surface area contributed by atoms with Gasteiger partial charge in [-0.05, 0) is 18.9 Å². The van der Waals surface area contributed by atoms with Gasteiger partial charge >= 0.3 is 6.18 Å². The van der Waals surface area contributed by atoms with Gasteiger partial charge in [0.2, 0.25) is 0 Å². The minimum Gasteiger partial charge on any atom is -0.352 e. The molecule has 29 heavy (non-hydrogen) atoms. The van der Waals surface area contributed by atoms with E-state index in [0.717, 1.165) is 38.7 Å². The van der Waals surface area contributed by atoms with Gasteiger partial charge in [0.15, 0.2) is 5.96 Å². The standard InChI is InChI=1S/C20H30F3N5.HI/c1-2-24-19(25-18-8-9-27(15-18)16-20(21,22)23)28-12-10-26(11-13-28)14-17-6-4-3-5-7-17;/h3-7,18H,2,8-16H2,1H3,(H,24,25);1H. The summed E-state index contributed by atoms with van der Waals surface area (Å²) in [6.07, 6.45) is -3.42.